The molecule has 0 saturated carbocycles. The highest BCUT2D eigenvalue weighted by Gasteiger charge is 2.25. The Morgan fingerprint density at radius 1 is 1.56 bits per heavy atom. The zero-order chi connectivity index (χ0) is 13.1. The predicted molar refractivity (Wildman–Crippen MR) is 73.6 cm³/mol. The number of nitrogens with one attached hydrogen (secondary N) is 2. The number of aryl methyl sites for hydroxylation is 1. The first-order chi connectivity index (χ1) is 8.58. The lowest BCUT2D eigenvalue weighted by molar-refractivity contribution is 0.0926. The van der Waals surface area contributed by atoms with Gasteiger partial charge in [-0.25, -0.2) is 0 Å². The molecule has 0 radical (unpaired) electrons. The second-order valence-corrected chi connectivity index (χ2v) is 5.57. The molecule has 1 aliphatic rings. The van der Waals surface area contributed by atoms with Crippen molar-refractivity contribution in [2.45, 2.75) is 13.0 Å². The molecule has 3 N–H and O–H groups in total. The minimum absolute atomic E-state index is 0.0842. The van der Waals surface area contributed by atoms with Gasteiger partial charge in [0.25, 0.3) is 5.91 Å². The summed E-state index contributed by atoms with van der Waals surface area (Å²) in [7, 11) is 0. The lowest BCUT2D eigenvalue weighted by Crippen LogP contribution is -2.34. The van der Waals surface area contributed by atoms with Crippen molar-refractivity contribution in [3.8, 4) is 0 Å². The van der Waals surface area contributed by atoms with Crippen molar-refractivity contribution in [2.75, 3.05) is 19.6 Å². The Morgan fingerprint density at radius 3 is 2.94 bits per heavy atom. The number of aliphatic hydroxyl groups excluding tert-OH is 1. The molecule has 1 fully saturated rings. The smallest absolute Gasteiger partial charge is 0.251 e. The van der Waals surface area contributed by atoms with Gasteiger partial charge in [0.05, 0.1) is 6.10 Å². The molecule has 1 aromatic rings. The first kappa shape index (κ1) is 13.5. The summed E-state index contributed by atoms with van der Waals surface area (Å²) < 4.78 is 0.965. The molecule has 2 rings (SSSR count). The molecule has 2 unspecified atom stereocenters. The molecule has 2 atom stereocenters. The molecule has 18 heavy (non-hydrogen) atoms. The largest absolute Gasteiger partial charge is 0.391 e. The average Bonchev–Trinajstić information content (AvgIpc) is 2.72. The Kier molecular flexibility index (Phi) is 4.37. The van der Waals surface area contributed by atoms with Crippen LogP contribution in [0.3, 0.4) is 0 Å². The molecule has 4 nitrogen and oxygen atoms in total. The summed E-state index contributed by atoms with van der Waals surface area (Å²) >= 11 is 3.37. The van der Waals surface area contributed by atoms with Gasteiger partial charge in [-0.3, -0.25) is 4.79 Å². The summed E-state index contributed by atoms with van der Waals surface area (Å²) in [6, 6.07) is 5.58. The van der Waals surface area contributed by atoms with Crippen molar-refractivity contribution in [2.24, 2.45) is 5.92 Å². The molecular weight excluding hydrogens is 296 g/mol. The normalized spacial score (nSPS) is 23.1. The van der Waals surface area contributed by atoms with Crippen molar-refractivity contribution in [1.29, 1.82) is 0 Å². The van der Waals surface area contributed by atoms with E-state index in [2.05, 4.69) is 26.6 Å². The highest BCUT2D eigenvalue weighted by molar-refractivity contribution is 9.10. The van der Waals surface area contributed by atoms with Gasteiger partial charge in [-0.2, -0.15) is 0 Å². The van der Waals surface area contributed by atoms with Gasteiger partial charge in [-0.05, 0) is 30.7 Å². The van der Waals surface area contributed by atoms with Crippen LogP contribution in [0.25, 0.3) is 0 Å². The minimum Gasteiger partial charge on any atom is -0.391 e. The Bertz CT molecular complexity index is 451. The number of carbonyl (C=O) groups is 1. The lowest BCUT2D eigenvalue weighted by atomic mass is 10.1. The Morgan fingerprint density at radius 2 is 2.33 bits per heavy atom. The van der Waals surface area contributed by atoms with E-state index in [-0.39, 0.29) is 17.9 Å². The number of carbonyl (C=O) groups excluding carboxylic acids is 1. The fourth-order valence-corrected chi connectivity index (χ4v) is 2.60. The van der Waals surface area contributed by atoms with Crippen LogP contribution < -0.4 is 10.6 Å². The second kappa shape index (κ2) is 5.82. The maximum Gasteiger partial charge on any atom is 0.251 e. The molecule has 0 bridgehead atoms. The standard InChI is InChI=1S/C13H17BrN2O2/c1-8-4-10(14)2-3-11(8)13(18)16-6-9-5-15-7-12(9)17/h2-4,9,12,15,17H,5-7H2,1H3,(H,16,18). The van der Waals surface area contributed by atoms with Crippen LogP contribution >= 0.6 is 15.9 Å². The molecule has 1 aromatic carbocycles. The number of benzene rings is 1. The van der Waals surface area contributed by atoms with E-state index in [1.807, 2.05) is 19.1 Å². The van der Waals surface area contributed by atoms with E-state index in [1.165, 1.54) is 0 Å². The Labute approximate surface area is 115 Å². The summed E-state index contributed by atoms with van der Waals surface area (Å²) in [4.78, 5) is 12.0. The van der Waals surface area contributed by atoms with Crippen molar-refractivity contribution in [3.05, 3.63) is 33.8 Å². The van der Waals surface area contributed by atoms with Gasteiger partial charge >= 0.3 is 0 Å². The quantitative estimate of drug-likeness (QED) is 0.782. The van der Waals surface area contributed by atoms with Crippen LogP contribution in [0, 0.1) is 12.8 Å². The number of β-amino-alcohol motifs (C(OH)–C–C–N with tert-alkyl or cyclic N) is 1. The zero-order valence-electron chi connectivity index (χ0n) is 10.2. The van der Waals surface area contributed by atoms with Crippen LogP contribution in [0.2, 0.25) is 0 Å². The topological polar surface area (TPSA) is 61.4 Å². The molecule has 1 saturated heterocycles. The van der Waals surface area contributed by atoms with Crippen molar-refractivity contribution >= 4 is 21.8 Å². The van der Waals surface area contributed by atoms with Gasteiger partial charge in [0, 0.05) is 35.6 Å². The molecule has 1 heterocycles. The molecular formula is C13H17BrN2O2. The van der Waals surface area contributed by atoms with Crippen LogP contribution in [-0.4, -0.2) is 36.8 Å². The van der Waals surface area contributed by atoms with Gasteiger partial charge in [-0.1, -0.05) is 15.9 Å². The van der Waals surface area contributed by atoms with Gasteiger partial charge in [-0.15, -0.1) is 0 Å². The van der Waals surface area contributed by atoms with Gasteiger partial charge < -0.3 is 15.7 Å². The number of rotatable bonds is 3. The first-order valence-electron chi connectivity index (χ1n) is 6.01. The van der Waals surface area contributed by atoms with Crippen molar-refractivity contribution in [1.82, 2.24) is 10.6 Å². The Hall–Kier alpha value is -0.910. The molecule has 5 heteroatoms. The van der Waals surface area contributed by atoms with Crippen LogP contribution in [0.15, 0.2) is 22.7 Å². The highest BCUT2D eigenvalue weighted by Crippen LogP contribution is 2.16. The maximum absolute atomic E-state index is 12.0. The lowest BCUT2D eigenvalue weighted by Gasteiger charge is -2.14. The predicted octanol–water partition coefficient (Wildman–Crippen LogP) is 1.07. The summed E-state index contributed by atoms with van der Waals surface area (Å²) in [5.74, 6) is 0.0174. The van der Waals surface area contributed by atoms with Gasteiger partial charge in [0.1, 0.15) is 0 Å². The van der Waals surface area contributed by atoms with Crippen LogP contribution in [0.5, 0.6) is 0 Å². The number of hydrogen-bond acceptors (Lipinski definition) is 3. The van der Waals surface area contributed by atoms with E-state index in [1.54, 1.807) is 6.07 Å². The van der Waals surface area contributed by atoms with Crippen LogP contribution in [0.1, 0.15) is 15.9 Å². The third-order valence-electron chi connectivity index (χ3n) is 3.26. The fourth-order valence-electron chi connectivity index (χ4n) is 2.13. The third-order valence-corrected chi connectivity index (χ3v) is 3.76. The number of hydrogen-bond donors (Lipinski definition) is 3. The summed E-state index contributed by atoms with van der Waals surface area (Å²) in [5, 5.41) is 15.6. The van der Waals surface area contributed by atoms with Crippen molar-refractivity contribution in [3.63, 3.8) is 0 Å². The summed E-state index contributed by atoms with van der Waals surface area (Å²) in [5.41, 5.74) is 1.62. The van der Waals surface area contributed by atoms with E-state index in [4.69, 9.17) is 0 Å². The van der Waals surface area contributed by atoms with E-state index in [0.29, 0.717) is 18.7 Å². The molecule has 0 spiro atoms. The molecule has 1 aliphatic heterocycles. The first-order valence-corrected chi connectivity index (χ1v) is 6.80. The summed E-state index contributed by atoms with van der Waals surface area (Å²) in [6.07, 6.45) is -0.365. The molecule has 0 aromatic heterocycles. The van der Waals surface area contributed by atoms with Crippen LogP contribution in [-0.2, 0) is 0 Å². The Balaban J connectivity index is 1.95. The maximum atomic E-state index is 12.0. The zero-order valence-corrected chi connectivity index (χ0v) is 11.8. The van der Waals surface area contributed by atoms with E-state index in [9.17, 15) is 9.90 Å². The monoisotopic (exact) mass is 312 g/mol. The van der Waals surface area contributed by atoms with Crippen LogP contribution in [0.4, 0.5) is 0 Å². The SMILES string of the molecule is Cc1cc(Br)ccc1C(=O)NCC1CNCC1O. The number of halogens is 1. The minimum atomic E-state index is -0.365. The average molecular weight is 313 g/mol. The molecule has 0 aliphatic carbocycles. The highest BCUT2D eigenvalue weighted by atomic mass is 79.9. The summed E-state index contributed by atoms with van der Waals surface area (Å²) in [6.45, 7) is 3.77. The number of amides is 1. The molecule has 98 valence electrons. The van der Waals surface area contributed by atoms with E-state index >= 15 is 0 Å². The number of aliphatic hydroxyl groups is 1. The second-order valence-electron chi connectivity index (χ2n) is 4.65. The van der Waals surface area contributed by atoms with Crippen molar-refractivity contribution < 1.29 is 9.90 Å². The van der Waals surface area contributed by atoms with Gasteiger partial charge in [0.15, 0.2) is 0 Å². The molecule has 1 amide bonds. The van der Waals surface area contributed by atoms with E-state index in [0.717, 1.165) is 16.6 Å². The van der Waals surface area contributed by atoms with E-state index < -0.39 is 0 Å². The fraction of sp³-hybridized carbons (Fsp3) is 0.462. The third kappa shape index (κ3) is 3.10. The van der Waals surface area contributed by atoms with Gasteiger partial charge in [0.2, 0.25) is 0 Å².